The molecule has 0 heterocycles. The quantitative estimate of drug-likeness (QED) is 0.186. The minimum atomic E-state index is -0.556. The Kier molecular flexibility index (Phi) is 10.3. The first-order valence-corrected chi connectivity index (χ1v) is 15.5. The molecule has 4 nitrogen and oxygen atoms in total. The molecule has 0 saturated carbocycles. The molecule has 0 atom stereocenters. The van der Waals surface area contributed by atoms with Gasteiger partial charge in [0.25, 0.3) is 0 Å². The second-order valence-electron chi connectivity index (χ2n) is 8.43. The van der Waals surface area contributed by atoms with Gasteiger partial charge in [0.15, 0.2) is 0 Å². The van der Waals surface area contributed by atoms with E-state index in [-0.39, 0.29) is 16.9 Å². The van der Waals surface area contributed by atoms with E-state index < -0.39 is 17.0 Å². The van der Waals surface area contributed by atoms with Crippen LogP contribution >= 0.6 is 18.6 Å². The maximum atomic E-state index is 10.6. The maximum absolute atomic E-state index is 10.6. The van der Waals surface area contributed by atoms with Crippen molar-refractivity contribution in [2.75, 3.05) is 0 Å². The third kappa shape index (κ3) is 7.55. The van der Waals surface area contributed by atoms with E-state index in [9.17, 15) is 10.2 Å². The molecule has 2 N–H and O–H groups in total. The molecule has 0 aliphatic rings. The molecule has 0 unspecified atom stereocenters. The summed E-state index contributed by atoms with van der Waals surface area (Å²) < 4.78 is 0. The molecule has 182 valence electrons. The van der Waals surface area contributed by atoms with Gasteiger partial charge in [-0.05, 0) is 59.7 Å². The third-order valence-electron chi connectivity index (χ3n) is 5.72. The monoisotopic (exact) mass is 552 g/mol. The topological polar surface area (TPSA) is 65.2 Å². The summed E-state index contributed by atoms with van der Waals surface area (Å²) in [6.45, 7) is 4.23. The standard InChI is InChI=1S/C29H26N2O2.2ClH.Ti/c1-29(2,23-10-8-13-26(17-23)31-19-21-9-6-7-14-27(21)32)24-16-15-22(28(33)18-24)20-30-25-11-4-3-5-12-25;;;/h3-20,32-33H,1-2H3;2*1H;/q;;;+2/p-2. The van der Waals surface area contributed by atoms with E-state index in [0.717, 1.165) is 22.5 Å². The Morgan fingerprint density at radius 1 is 0.639 bits per heavy atom. The van der Waals surface area contributed by atoms with Crippen molar-refractivity contribution in [3.63, 3.8) is 0 Å². The molecule has 0 fully saturated rings. The molecule has 0 spiro atoms. The average Bonchev–Trinajstić information content (AvgIpc) is 2.89. The number of phenols is 2. The molecule has 0 radical (unpaired) electrons. The van der Waals surface area contributed by atoms with Crippen LogP contribution in [-0.2, 0) is 22.4 Å². The number of benzene rings is 4. The van der Waals surface area contributed by atoms with Crippen molar-refractivity contribution in [2.45, 2.75) is 19.3 Å². The van der Waals surface area contributed by atoms with Gasteiger partial charge in [-0.1, -0.05) is 62.4 Å². The Labute approximate surface area is 228 Å². The van der Waals surface area contributed by atoms with E-state index in [2.05, 4.69) is 29.9 Å². The molecule has 0 aromatic heterocycles. The summed E-state index contributed by atoms with van der Waals surface area (Å²) in [4.78, 5) is 8.97. The number of aromatic hydroxyl groups is 2. The predicted molar refractivity (Wildman–Crippen MR) is 147 cm³/mol. The first-order valence-electron chi connectivity index (χ1n) is 11.2. The minimum absolute atomic E-state index is 0.189. The normalized spacial score (nSPS) is 11.3. The van der Waals surface area contributed by atoms with Crippen LogP contribution in [0.1, 0.15) is 36.1 Å². The van der Waals surface area contributed by atoms with Crippen molar-refractivity contribution in [1.82, 2.24) is 0 Å². The van der Waals surface area contributed by atoms with E-state index >= 15 is 0 Å². The van der Waals surface area contributed by atoms with E-state index in [1.807, 2.05) is 72.8 Å². The molecule has 4 aromatic rings. The molecule has 0 aliphatic carbocycles. The van der Waals surface area contributed by atoms with Crippen LogP contribution in [-0.4, -0.2) is 22.6 Å². The summed E-state index contributed by atoms with van der Waals surface area (Å²) >= 11 is -0.556. The van der Waals surface area contributed by atoms with Crippen molar-refractivity contribution in [3.8, 4) is 11.5 Å². The van der Waals surface area contributed by atoms with Gasteiger partial charge in [0, 0.05) is 29.0 Å². The van der Waals surface area contributed by atoms with Crippen molar-refractivity contribution in [2.24, 2.45) is 9.98 Å². The van der Waals surface area contributed by atoms with Crippen molar-refractivity contribution in [3.05, 3.63) is 119 Å². The number of hydrogen-bond acceptors (Lipinski definition) is 4. The van der Waals surface area contributed by atoms with Crippen LogP contribution in [0.5, 0.6) is 11.5 Å². The first kappa shape index (κ1) is 27.7. The zero-order chi connectivity index (χ0) is 26.0. The van der Waals surface area contributed by atoms with Crippen LogP contribution in [0.25, 0.3) is 0 Å². The van der Waals surface area contributed by atoms with Crippen LogP contribution in [0.2, 0.25) is 0 Å². The summed E-state index contributed by atoms with van der Waals surface area (Å²) in [6.07, 6.45) is 3.34. The Morgan fingerprint density at radius 3 is 1.86 bits per heavy atom. The molecule has 4 rings (SSSR count). The van der Waals surface area contributed by atoms with Gasteiger partial charge in [0.1, 0.15) is 11.5 Å². The number of hydrogen-bond donors (Lipinski definition) is 2. The van der Waals surface area contributed by atoms with Crippen LogP contribution in [0.15, 0.2) is 107 Å². The average molecular weight is 553 g/mol. The molecular formula is C29H26Cl2N2O2Ti. The van der Waals surface area contributed by atoms with E-state index in [0.29, 0.717) is 11.1 Å². The van der Waals surface area contributed by atoms with Gasteiger partial charge in [0.05, 0.1) is 11.4 Å². The summed E-state index contributed by atoms with van der Waals surface area (Å²) in [5.74, 6) is 0.387. The van der Waals surface area contributed by atoms with E-state index in [4.69, 9.17) is 18.6 Å². The van der Waals surface area contributed by atoms with Gasteiger partial charge in [-0.25, -0.2) is 0 Å². The van der Waals surface area contributed by atoms with Crippen molar-refractivity contribution < 1.29 is 27.2 Å². The first-order chi connectivity index (χ1) is 17.3. The zero-order valence-electron chi connectivity index (χ0n) is 19.9. The third-order valence-corrected chi connectivity index (χ3v) is 5.72. The second kappa shape index (κ2) is 13.4. The number of halogens is 2. The fourth-order valence-corrected chi connectivity index (χ4v) is 3.58. The summed E-state index contributed by atoms with van der Waals surface area (Å²) in [7, 11) is 9.78. The van der Waals surface area contributed by atoms with Crippen LogP contribution < -0.4 is 0 Å². The van der Waals surface area contributed by atoms with Crippen molar-refractivity contribution >= 4 is 42.4 Å². The fourth-order valence-electron chi connectivity index (χ4n) is 3.58. The van der Waals surface area contributed by atoms with Gasteiger partial charge in [-0.15, -0.1) is 0 Å². The fraction of sp³-hybridized carbons (Fsp3) is 0.103. The van der Waals surface area contributed by atoms with Crippen LogP contribution in [0.3, 0.4) is 0 Å². The van der Waals surface area contributed by atoms with Crippen LogP contribution in [0.4, 0.5) is 11.4 Å². The SMILES string of the molecule is CC(C)(c1cccc(N=Cc2ccccc2O)c1)c1ccc(C=Nc2ccccc2)c(O)c1.[Cl][Ti][Cl]. The molecule has 36 heavy (non-hydrogen) atoms. The second-order valence-corrected chi connectivity index (χ2v) is 11.0. The number of phenolic OH excluding ortho intramolecular Hbond substituents is 2. The zero-order valence-corrected chi connectivity index (χ0v) is 23.0. The molecule has 0 amide bonds. The van der Waals surface area contributed by atoms with Gasteiger partial charge < -0.3 is 10.2 Å². The number of para-hydroxylation sites is 2. The Bertz CT molecular complexity index is 1340. The molecule has 4 aromatic carbocycles. The Balaban J connectivity index is 0.00000115. The number of aliphatic imine (C=N–C) groups is 2. The molecular weight excluding hydrogens is 527 g/mol. The van der Waals surface area contributed by atoms with Gasteiger partial charge in [0.2, 0.25) is 0 Å². The predicted octanol–water partition coefficient (Wildman–Crippen LogP) is 8.30. The van der Waals surface area contributed by atoms with Gasteiger partial charge in [-0.2, -0.15) is 0 Å². The molecule has 0 aliphatic heterocycles. The van der Waals surface area contributed by atoms with E-state index in [1.54, 1.807) is 30.6 Å². The molecule has 0 saturated heterocycles. The van der Waals surface area contributed by atoms with E-state index in [1.165, 1.54) is 0 Å². The summed E-state index contributed by atoms with van der Waals surface area (Å²) in [5, 5.41) is 20.6. The summed E-state index contributed by atoms with van der Waals surface area (Å²) in [5.41, 5.74) is 4.66. The molecule has 0 bridgehead atoms. The number of nitrogens with zero attached hydrogens (tertiary/aromatic N) is 2. The molecule has 7 heteroatoms. The Morgan fingerprint density at radius 2 is 1.19 bits per heavy atom. The van der Waals surface area contributed by atoms with Gasteiger partial charge in [-0.3, -0.25) is 9.98 Å². The summed E-state index contributed by atoms with van der Waals surface area (Å²) in [6, 6.07) is 30.4. The van der Waals surface area contributed by atoms with Gasteiger partial charge >= 0.3 is 35.6 Å². The Hall–Kier alpha value is -2.89. The van der Waals surface area contributed by atoms with Crippen molar-refractivity contribution in [1.29, 1.82) is 0 Å². The van der Waals surface area contributed by atoms with Crippen LogP contribution in [0, 0.1) is 0 Å². The number of rotatable bonds is 6.